The minimum absolute atomic E-state index is 0.00488. The van der Waals surface area contributed by atoms with E-state index in [9.17, 15) is 17.6 Å². The summed E-state index contributed by atoms with van der Waals surface area (Å²) in [6.45, 7) is 0.00488. The zero-order valence-electron chi connectivity index (χ0n) is 10.3. The van der Waals surface area contributed by atoms with Crippen molar-refractivity contribution in [3.05, 3.63) is 46.5 Å². The van der Waals surface area contributed by atoms with Crippen molar-refractivity contribution < 1.29 is 17.6 Å². The zero-order valence-corrected chi connectivity index (χ0v) is 11.1. The Labute approximate surface area is 117 Å². The summed E-state index contributed by atoms with van der Waals surface area (Å²) < 4.78 is 53.4. The van der Waals surface area contributed by atoms with Gasteiger partial charge in [-0.15, -0.1) is 0 Å². The standard InChI is InChI=1S/C12H10ClF4N3/c1-18-5-7-6-19-20(11(7)12(15,16)17)8-2-3-9(13)10(14)4-8/h2-4,6,18H,5H2,1H3. The minimum Gasteiger partial charge on any atom is -0.316 e. The van der Waals surface area contributed by atoms with Crippen LogP contribution in [-0.2, 0) is 12.7 Å². The first-order valence-electron chi connectivity index (χ1n) is 5.58. The SMILES string of the molecule is CNCc1cnn(-c2ccc(Cl)c(F)c2)c1C(F)(F)F. The third kappa shape index (κ3) is 2.78. The molecule has 0 amide bonds. The second-order valence-corrected chi connectivity index (χ2v) is 4.46. The Morgan fingerprint density at radius 1 is 1.35 bits per heavy atom. The summed E-state index contributed by atoms with van der Waals surface area (Å²) in [7, 11) is 1.53. The Balaban J connectivity index is 2.59. The summed E-state index contributed by atoms with van der Waals surface area (Å²) in [6.07, 6.45) is -3.50. The van der Waals surface area contributed by atoms with Crippen LogP contribution >= 0.6 is 11.6 Å². The summed E-state index contributed by atoms with van der Waals surface area (Å²) in [5.74, 6) is -0.803. The van der Waals surface area contributed by atoms with Crippen LogP contribution in [0.5, 0.6) is 0 Å². The third-order valence-electron chi connectivity index (χ3n) is 2.63. The molecular formula is C12H10ClF4N3. The minimum atomic E-state index is -4.60. The van der Waals surface area contributed by atoms with Gasteiger partial charge in [-0.25, -0.2) is 9.07 Å². The predicted octanol–water partition coefficient (Wildman–Crippen LogP) is 3.40. The van der Waals surface area contributed by atoms with Gasteiger partial charge < -0.3 is 5.32 Å². The second kappa shape index (κ2) is 5.41. The maximum Gasteiger partial charge on any atom is 0.433 e. The molecule has 1 N–H and O–H groups in total. The Morgan fingerprint density at radius 2 is 2.05 bits per heavy atom. The molecule has 0 aliphatic carbocycles. The number of aromatic nitrogens is 2. The highest BCUT2D eigenvalue weighted by Crippen LogP contribution is 2.34. The van der Waals surface area contributed by atoms with Crippen LogP contribution in [0.3, 0.4) is 0 Å². The molecule has 0 fully saturated rings. The number of hydrogen-bond donors (Lipinski definition) is 1. The van der Waals surface area contributed by atoms with Gasteiger partial charge >= 0.3 is 6.18 Å². The Hall–Kier alpha value is -1.60. The van der Waals surface area contributed by atoms with Gasteiger partial charge in [-0.2, -0.15) is 18.3 Å². The molecule has 0 radical (unpaired) electrons. The van der Waals surface area contributed by atoms with E-state index >= 15 is 0 Å². The van der Waals surface area contributed by atoms with Crippen molar-refractivity contribution in [2.45, 2.75) is 12.7 Å². The molecule has 0 unspecified atom stereocenters. The van der Waals surface area contributed by atoms with E-state index in [2.05, 4.69) is 10.4 Å². The van der Waals surface area contributed by atoms with Crippen LogP contribution in [0.2, 0.25) is 5.02 Å². The van der Waals surface area contributed by atoms with E-state index < -0.39 is 17.7 Å². The first-order valence-corrected chi connectivity index (χ1v) is 5.96. The lowest BCUT2D eigenvalue weighted by Crippen LogP contribution is -2.17. The first-order chi connectivity index (χ1) is 9.34. The lowest BCUT2D eigenvalue weighted by atomic mass is 10.2. The summed E-state index contributed by atoms with van der Waals surface area (Å²) in [6, 6.07) is 3.37. The molecule has 0 aliphatic heterocycles. The van der Waals surface area contributed by atoms with Gasteiger partial charge in [0.05, 0.1) is 16.9 Å². The average Bonchev–Trinajstić information content (AvgIpc) is 2.77. The van der Waals surface area contributed by atoms with Gasteiger partial charge in [0.1, 0.15) is 5.82 Å². The molecule has 8 heteroatoms. The summed E-state index contributed by atoms with van der Waals surface area (Å²) >= 11 is 5.52. The fourth-order valence-corrected chi connectivity index (χ4v) is 1.93. The molecule has 2 aromatic rings. The van der Waals surface area contributed by atoms with Crippen LogP contribution in [0.1, 0.15) is 11.3 Å². The first kappa shape index (κ1) is 14.8. The number of hydrogen-bond acceptors (Lipinski definition) is 2. The predicted molar refractivity (Wildman–Crippen MR) is 66.3 cm³/mol. The molecule has 2 rings (SSSR count). The van der Waals surface area contributed by atoms with Gasteiger partial charge in [0.15, 0.2) is 5.69 Å². The fourth-order valence-electron chi connectivity index (χ4n) is 1.82. The van der Waals surface area contributed by atoms with Crippen LogP contribution in [0.15, 0.2) is 24.4 Å². The lowest BCUT2D eigenvalue weighted by Gasteiger charge is -2.13. The summed E-state index contributed by atoms with van der Waals surface area (Å²) in [5.41, 5.74) is -0.995. The maximum absolute atomic E-state index is 13.4. The number of alkyl halides is 3. The molecule has 108 valence electrons. The van der Waals surface area contributed by atoms with Crippen molar-refractivity contribution in [3.8, 4) is 5.69 Å². The van der Waals surface area contributed by atoms with Gasteiger partial charge in [0, 0.05) is 18.2 Å². The molecule has 0 saturated heterocycles. The molecule has 1 heterocycles. The maximum atomic E-state index is 13.4. The molecule has 0 aliphatic rings. The van der Waals surface area contributed by atoms with Crippen molar-refractivity contribution in [1.82, 2.24) is 15.1 Å². The topological polar surface area (TPSA) is 29.9 Å². The average molecular weight is 308 g/mol. The van der Waals surface area contributed by atoms with E-state index in [1.165, 1.54) is 19.2 Å². The molecule has 0 spiro atoms. The van der Waals surface area contributed by atoms with Gasteiger partial charge in [-0.05, 0) is 19.2 Å². The summed E-state index contributed by atoms with van der Waals surface area (Å²) in [5, 5.41) is 6.16. The number of nitrogens with zero attached hydrogens (tertiary/aromatic N) is 2. The lowest BCUT2D eigenvalue weighted by molar-refractivity contribution is -0.143. The largest absolute Gasteiger partial charge is 0.433 e. The molecule has 3 nitrogen and oxygen atoms in total. The van der Waals surface area contributed by atoms with Gasteiger partial charge in [0.2, 0.25) is 0 Å². The van der Waals surface area contributed by atoms with Crippen molar-refractivity contribution >= 4 is 11.6 Å². The van der Waals surface area contributed by atoms with Crippen LogP contribution in [0.25, 0.3) is 5.69 Å². The van der Waals surface area contributed by atoms with E-state index in [-0.39, 0.29) is 22.8 Å². The second-order valence-electron chi connectivity index (χ2n) is 4.06. The molecule has 1 aromatic carbocycles. The van der Waals surface area contributed by atoms with E-state index in [4.69, 9.17) is 11.6 Å². The van der Waals surface area contributed by atoms with Crippen LogP contribution in [0, 0.1) is 5.82 Å². The van der Waals surface area contributed by atoms with Crippen molar-refractivity contribution in [2.75, 3.05) is 7.05 Å². The third-order valence-corrected chi connectivity index (χ3v) is 2.94. The molecule has 1 aromatic heterocycles. The van der Waals surface area contributed by atoms with Crippen LogP contribution in [-0.4, -0.2) is 16.8 Å². The van der Waals surface area contributed by atoms with Crippen molar-refractivity contribution in [2.24, 2.45) is 0 Å². The molecule has 0 atom stereocenters. The number of halogens is 5. The highest BCUT2D eigenvalue weighted by atomic mass is 35.5. The van der Waals surface area contributed by atoms with Gasteiger partial charge in [-0.3, -0.25) is 0 Å². The molecule has 20 heavy (non-hydrogen) atoms. The Kier molecular flexibility index (Phi) is 4.01. The van der Waals surface area contributed by atoms with E-state index in [0.717, 1.165) is 12.3 Å². The highest BCUT2D eigenvalue weighted by Gasteiger charge is 2.38. The Bertz CT molecular complexity index is 622. The normalized spacial score (nSPS) is 11.9. The van der Waals surface area contributed by atoms with Gasteiger partial charge in [0.25, 0.3) is 0 Å². The Morgan fingerprint density at radius 3 is 2.60 bits per heavy atom. The number of nitrogens with one attached hydrogen (secondary N) is 1. The zero-order chi connectivity index (χ0) is 14.9. The van der Waals surface area contributed by atoms with Crippen LogP contribution in [0.4, 0.5) is 17.6 Å². The number of benzene rings is 1. The van der Waals surface area contributed by atoms with Gasteiger partial charge in [-0.1, -0.05) is 11.6 Å². The summed E-state index contributed by atoms with van der Waals surface area (Å²) in [4.78, 5) is 0. The van der Waals surface area contributed by atoms with Crippen molar-refractivity contribution in [3.63, 3.8) is 0 Å². The smallest absolute Gasteiger partial charge is 0.316 e. The highest BCUT2D eigenvalue weighted by molar-refractivity contribution is 6.30. The van der Waals surface area contributed by atoms with Crippen LogP contribution < -0.4 is 5.32 Å². The molecule has 0 bridgehead atoms. The van der Waals surface area contributed by atoms with Crippen molar-refractivity contribution in [1.29, 1.82) is 0 Å². The quantitative estimate of drug-likeness (QED) is 0.881. The monoisotopic (exact) mass is 307 g/mol. The fraction of sp³-hybridized carbons (Fsp3) is 0.250. The van der Waals surface area contributed by atoms with E-state index in [0.29, 0.717) is 4.68 Å². The van der Waals surface area contributed by atoms with E-state index in [1.807, 2.05) is 0 Å². The molecular weight excluding hydrogens is 298 g/mol. The van der Waals surface area contributed by atoms with E-state index in [1.54, 1.807) is 0 Å². The number of rotatable bonds is 3. The molecule has 0 saturated carbocycles.